The summed E-state index contributed by atoms with van der Waals surface area (Å²) in [5.74, 6) is -0.833. The van der Waals surface area contributed by atoms with Crippen molar-refractivity contribution >= 4 is 11.8 Å². The number of aromatic amines is 1. The van der Waals surface area contributed by atoms with Crippen LogP contribution in [0.5, 0.6) is 0 Å². The molecule has 1 saturated heterocycles. The van der Waals surface area contributed by atoms with Crippen LogP contribution in [0.3, 0.4) is 0 Å². The van der Waals surface area contributed by atoms with E-state index in [1.165, 1.54) is 6.07 Å². The molecule has 1 aliphatic rings. The fraction of sp³-hybridized carbons (Fsp3) is 0.529. The second-order valence-electron chi connectivity index (χ2n) is 6.77. The molecule has 0 aliphatic carbocycles. The highest BCUT2D eigenvalue weighted by Gasteiger charge is 2.30. The van der Waals surface area contributed by atoms with Crippen molar-refractivity contribution in [3.8, 4) is 0 Å². The minimum absolute atomic E-state index is 0.0148. The van der Waals surface area contributed by atoms with E-state index in [1.54, 1.807) is 40.3 Å². The molecule has 2 amide bonds. The summed E-state index contributed by atoms with van der Waals surface area (Å²) in [4.78, 5) is 26.1. The van der Waals surface area contributed by atoms with Crippen molar-refractivity contribution in [2.75, 3.05) is 19.6 Å². The molecule has 28 heavy (non-hydrogen) atoms. The Morgan fingerprint density at radius 1 is 1.36 bits per heavy atom. The number of halogens is 3. The second-order valence-corrected chi connectivity index (χ2v) is 6.77. The average molecular weight is 398 g/mol. The second kappa shape index (κ2) is 8.03. The molecule has 3 rings (SSSR count). The average Bonchev–Trinajstić information content (AvgIpc) is 3.36. The highest BCUT2D eigenvalue weighted by Crippen LogP contribution is 2.28. The van der Waals surface area contributed by atoms with E-state index in [0.29, 0.717) is 31.6 Å². The molecule has 152 valence electrons. The van der Waals surface area contributed by atoms with Crippen LogP contribution < -0.4 is 5.32 Å². The predicted molar refractivity (Wildman–Crippen MR) is 92.5 cm³/mol. The van der Waals surface area contributed by atoms with Crippen LogP contribution in [0, 0.1) is 0 Å². The minimum atomic E-state index is -4.47. The number of nitrogens with zero attached hydrogens (tertiary/aromatic N) is 4. The molecule has 1 aliphatic heterocycles. The van der Waals surface area contributed by atoms with Gasteiger partial charge in [-0.3, -0.25) is 19.4 Å². The number of hydrogen-bond donors (Lipinski definition) is 2. The Hall–Kier alpha value is -2.85. The number of hydrogen-bond acceptors (Lipinski definition) is 4. The number of amides is 2. The van der Waals surface area contributed by atoms with Crippen LogP contribution in [-0.2, 0) is 4.79 Å². The maximum absolute atomic E-state index is 12.6. The van der Waals surface area contributed by atoms with E-state index in [9.17, 15) is 22.8 Å². The fourth-order valence-electron chi connectivity index (χ4n) is 3.23. The molecular formula is C17H21F3N6O2. The Morgan fingerprint density at radius 2 is 2.07 bits per heavy atom. The first-order chi connectivity index (χ1) is 13.2. The molecule has 2 aromatic rings. The van der Waals surface area contributed by atoms with Crippen molar-refractivity contribution in [1.29, 1.82) is 0 Å². The quantitative estimate of drug-likeness (QED) is 0.804. The first kappa shape index (κ1) is 19.9. The Bertz CT molecular complexity index is 809. The van der Waals surface area contributed by atoms with E-state index in [-0.39, 0.29) is 23.6 Å². The number of piperidine rings is 1. The van der Waals surface area contributed by atoms with Crippen LogP contribution in [0.1, 0.15) is 47.9 Å². The van der Waals surface area contributed by atoms with Gasteiger partial charge in [0, 0.05) is 37.1 Å². The molecule has 1 fully saturated rings. The highest BCUT2D eigenvalue weighted by molar-refractivity contribution is 5.92. The van der Waals surface area contributed by atoms with Gasteiger partial charge in [0.1, 0.15) is 18.3 Å². The van der Waals surface area contributed by atoms with Crippen LogP contribution in [0.4, 0.5) is 13.2 Å². The van der Waals surface area contributed by atoms with Gasteiger partial charge in [0.05, 0.1) is 0 Å². The number of carbonyl (C=O) groups excluding carboxylic acids is 2. The summed E-state index contributed by atoms with van der Waals surface area (Å²) >= 11 is 0. The lowest BCUT2D eigenvalue weighted by Gasteiger charge is -2.33. The van der Waals surface area contributed by atoms with Crippen molar-refractivity contribution in [3.05, 3.63) is 35.9 Å². The number of H-pyrrole nitrogens is 1. The van der Waals surface area contributed by atoms with Gasteiger partial charge in [0.15, 0.2) is 0 Å². The normalized spacial score (nSPS) is 16.8. The molecule has 0 unspecified atom stereocenters. The molecule has 3 heterocycles. The zero-order chi connectivity index (χ0) is 20.3. The Kier molecular flexibility index (Phi) is 5.71. The molecule has 2 aromatic heterocycles. The van der Waals surface area contributed by atoms with Crippen molar-refractivity contribution < 1.29 is 22.8 Å². The first-order valence-electron chi connectivity index (χ1n) is 8.93. The molecule has 1 atom stereocenters. The van der Waals surface area contributed by atoms with Gasteiger partial charge in [-0.25, -0.2) is 0 Å². The summed E-state index contributed by atoms with van der Waals surface area (Å²) in [7, 11) is 0. The summed E-state index contributed by atoms with van der Waals surface area (Å²) in [6, 6.07) is 2.85. The maximum atomic E-state index is 12.6. The molecule has 0 saturated carbocycles. The molecule has 0 aromatic carbocycles. The smallest absolute Gasteiger partial charge is 0.342 e. The van der Waals surface area contributed by atoms with Gasteiger partial charge in [-0.05, 0) is 31.9 Å². The lowest BCUT2D eigenvalue weighted by Crippen LogP contribution is -2.41. The van der Waals surface area contributed by atoms with Gasteiger partial charge in [-0.1, -0.05) is 0 Å². The Labute approximate surface area is 159 Å². The fourth-order valence-corrected chi connectivity index (χ4v) is 3.23. The number of aromatic nitrogens is 4. The largest absolute Gasteiger partial charge is 0.405 e. The predicted octanol–water partition coefficient (Wildman–Crippen LogP) is 1.87. The molecule has 0 radical (unpaired) electrons. The first-order valence-corrected chi connectivity index (χ1v) is 8.93. The van der Waals surface area contributed by atoms with Crippen molar-refractivity contribution in [1.82, 2.24) is 30.2 Å². The standard InChI is InChI=1S/C17H21F3N6O2/c1-11(26-6-2-5-22-26)16(28)25-7-3-12(4-8-25)13-9-14(24-23-13)15(27)21-10-17(18,19)20/h2,5-6,9,11-12H,3-4,7-8,10H2,1H3,(H,21,27)(H,23,24)/t11-/m0/s1. The lowest BCUT2D eigenvalue weighted by atomic mass is 9.93. The van der Waals surface area contributed by atoms with Gasteiger partial charge in [-0.15, -0.1) is 0 Å². The molecule has 8 nitrogen and oxygen atoms in total. The van der Waals surface area contributed by atoms with Crippen molar-refractivity contribution in [3.63, 3.8) is 0 Å². The maximum Gasteiger partial charge on any atom is 0.405 e. The Morgan fingerprint density at radius 3 is 2.68 bits per heavy atom. The third-order valence-electron chi connectivity index (χ3n) is 4.81. The summed E-state index contributed by atoms with van der Waals surface area (Å²) in [6.07, 6.45) is 0.232. The SMILES string of the molecule is C[C@@H](C(=O)N1CCC(c2cc(C(=O)NCC(F)(F)F)n[nH]2)CC1)n1cccn1. The molecular weight excluding hydrogens is 377 g/mol. The third-order valence-corrected chi connectivity index (χ3v) is 4.81. The third kappa shape index (κ3) is 4.70. The molecule has 2 N–H and O–H groups in total. The monoisotopic (exact) mass is 398 g/mol. The van der Waals surface area contributed by atoms with Crippen LogP contribution >= 0.6 is 0 Å². The van der Waals surface area contributed by atoms with Crippen LogP contribution in [0.25, 0.3) is 0 Å². The highest BCUT2D eigenvalue weighted by atomic mass is 19.4. The van der Waals surface area contributed by atoms with E-state index in [2.05, 4.69) is 15.3 Å². The summed E-state index contributed by atoms with van der Waals surface area (Å²) < 4.78 is 38.2. The number of carbonyl (C=O) groups is 2. The van der Waals surface area contributed by atoms with Gasteiger partial charge in [0.25, 0.3) is 5.91 Å². The topological polar surface area (TPSA) is 95.9 Å². The van der Waals surface area contributed by atoms with Crippen LogP contribution in [-0.4, -0.2) is 62.5 Å². The summed E-state index contributed by atoms with van der Waals surface area (Å²) in [5, 5.41) is 12.4. The van der Waals surface area contributed by atoms with Crippen molar-refractivity contribution in [2.45, 2.75) is 37.9 Å². The van der Waals surface area contributed by atoms with E-state index in [4.69, 9.17) is 0 Å². The lowest BCUT2D eigenvalue weighted by molar-refractivity contribution is -0.135. The van der Waals surface area contributed by atoms with Gasteiger partial charge >= 0.3 is 6.18 Å². The number of nitrogens with one attached hydrogen (secondary N) is 2. The van der Waals surface area contributed by atoms with Crippen molar-refractivity contribution in [2.24, 2.45) is 0 Å². The van der Waals surface area contributed by atoms with Crippen LogP contribution in [0.15, 0.2) is 24.5 Å². The number of likely N-dealkylation sites (tertiary alicyclic amines) is 1. The Balaban J connectivity index is 1.53. The van der Waals surface area contributed by atoms with Gasteiger partial charge in [-0.2, -0.15) is 23.4 Å². The summed E-state index contributed by atoms with van der Waals surface area (Å²) in [5.41, 5.74) is 0.606. The number of alkyl halides is 3. The zero-order valence-electron chi connectivity index (χ0n) is 15.2. The minimum Gasteiger partial charge on any atom is -0.342 e. The van der Waals surface area contributed by atoms with E-state index >= 15 is 0 Å². The van der Waals surface area contributed by atoms with E-state index in [1.807, 2.05) is 0 Å². The summed E-state index contributed by atoms with van der Waals surface area (Å²) in [6.45, 7) is 1.48. The zero-order valence-corrected chi connectivity index (χ0v) is 15.2. The molecule has 0 spiro atoms. The molecule has 11 heteroatoms. The van der Waals surface area contributed by atoms with E-state index < -0.39 is 18.6 Å². The van der Waals surface area contributed by atoms with Gasteiger partial charge in [0.2, 0.25) is 5.91 Å². The van der Waals surface area contributed by atoms with Crippen LogP contribution in [0.2, 0.25) is 0 Å². The van der Waals surface area contributed by atoms with E-state index in [0.717, 1.165) is 0 Å². The molecule has 0 bridgehead atoms. The van der Waals surface area contributed by atoms with Gasteiger partial charge < -0.3 is 10.2 Å². The number of rotatable bonds is 5.